The molecule has 1 aliphatic rings. The summed E-state index contributed by atoms with van der Waals surface area (Å²) in [6.07, 6.45) is -0.273. The molecule has 94 valence electrons. The van der Waals surface area contributed by atoms with Crippen LogP contribution < -0.4 is 10.1 Å². The third-order valence-corrected chi connectivity index (χ3v) is 3.28. The molecule has 1 fully saturated rings. The van der Waals surface area contributed by atoms with Gasteiger partial charge in [0.05, 0.1) is 13.2 Å². The van der Waals surface area contributed by atoms with Gasteiger partial charge in [0.1, 0.15) is 5.75 Å². The first-order valence-electron chi connectivity index (χ1n) is 5.92. The van der Waals surface area contributed by atoms with Gasteiger partial charge in [-0.1, -0.05) is 12.1 Å². The van der Waals surface area contributed by atoms with E-state index in [4.69, 9.17) is 4.74 Å². The van der Waals surface area contributed by atoms with Crippen molar-refractivity contribution >= 4 is 0 Å². The number of methoxy groups -OCH3 is 1. The lowest BCUT2D eigenvalue weighted by molar-refractivity contribution is 0.0955. The SMILES string of the molecule is COc1cccc(CN(C)C2CNCC2O)c1. The largest absolute Gasteiger partial charge is 0.497 e. The maximum absolute atomic E-state index is 9.81. The van der Waals surface area contributed by atoms with E-state index in [9.17, 15) is 5.11 Å². The molecule has 1 heterocycles. The Balaban J connectivity index is 1.99. The number of nitrogens with one attached hydrogen (secondary N) is 1. The van der Waals surface area contributed by atoms with E-state index in [0.29, 0.717) is 6.54 Å². The molecular weight excluding hydrogens is 216 g/mol. The molecule has 4 nitrogen and oxygen atoms in total. The Bertz CT molecular complexity index is 370. The second kappa shape index (κ2) is 5.49. The van der Waals surface area contributed by atoms with E-state index >= 15 is 0 Å². The zero-order valence-electron chi connectivity index (χ0n) is 10.4. The fourth-order valence-corrected chi connectivity index (χ4v) is 2.28. The molecule has 0 radical (unpaired) electrons. The number of hydrogen-bond acceptors (Lipinski definition) is 4. The number of β-amino-alcohol motifs (C(OH)–C–C–N with tert-alkyl or cyclic N) is 1. The summed E-state index contributed by atoms with van der Waals surface area (Å²) >= 11 is 0. The van der Waals surface area contributed by atoms with E-state index in [1.807, 2.05) is 25.2 Å². The van der Waals surface area contributed by atoms with Crippen molar-refractivity contribution in [2.24, 2.45) is 0 Å². The molecule has 2 atom stereocenters. The van der Waals surface area contributed by atoms with Crippen LogP contribution in [0, 0.1) is 0 Å². The molecular formula is C13H20N2O2. The summed E-state index contributed by atoms with van der Waals surface area (Å²) in [6, 6.07) is 8.24. The average molecular weight is 236 g/mol. The summed E-state index contributed by atoms with van der Waals surface area (Å²) in [6.45, 7) is 2.36. The third kappa shape index (κ3) is 2.97. The topological polar surface area (TPSA) is 44.7 Å². The van der Waals surface area contributed by atoms with Gasteiger partial charge >= 0.3 is 0 Å². The molecule has 4 heteroatoms. The van der Waals surface area contributed by atoms with Crippen LogP contribution >= 0.6 is 0 Å². The number of nitrogens with zero attached hydrogens (tertiary/aromatic N) is 1. The van der Waals surface area contributed by atoms with Crippen molar-refractivity contribution in [1.82, 2.24) is 10.2 Å². The van der Waals surface area contributed by atoms with E-state index in [1.165, 1.54) is 5.56 Å². The van der Waals surface area contributed by atoms with E-state index in [2.05, 4.69) is 16.3 Å². The van der Waals surface area contributed by atoms with Gasteiger partial charge in [0, 0.05) is 25.7 Å². The summed E-state index contributed by atoms with van der Waals surface area (Å²) in [5, 5.41) is 13.0. The highest BCUT2D eigenvalue weighted by Gasteiger charge is 2.28. The molecule has 0 saturated carbocycles. The number of aliphatic hydroxyl groups excluding tert-OH is 1. The van der Waals surface area contributed by atoms with Crippen molar-refractivity contribution in [3.05, 3.63) is 29.8 Å². The molecule has 0 amide bonds. The lowest BCUT2D eigenvalue weighted by Gasteiger charge is -2.26. The predicted octanol–water partition coefficient (Wildman–Crippen LogP) is 0.460. The van der Waals surface area contributed by atoms with Crippen LogP contribution in [0.3, 0.4) is 0 Å². The highest BCUT2D eigenvalue weighted by atomic mass is 16.5. The minimum absolute atomic E-state index is 0.196. The van der Waals surface area contributed by atoms with Crippen LogP contribution in [0.4, 0.5) is 0 Å². The Morgan fingerprint density at radius 2 is 2.29 bits per heavy atom. The minimum atomic E-state index is -0.273. The fraction of sp³-hybridized carbons (Fsp3) is 0.538. The zero-order valence-corrected chi connectivity index (χ0v) is 10.4. The van der Waals surface area contributed by atoms with Gasteiger partial charge in [-0.25, -0.2) is 0 Å². The summed E-state index contributed by atoms with van der Waals surface area (Å²) in [4.78, 5) is 2.18. The molecule has 1 aromatic carbocycles. The van der Waals surface area contributed by atoms with Gasteiger partial charge < -0.3 is 15.2 Å². The number of aliphatic hydroxyl groups is 1. The Morgan fingerprint density at radius 3 is 2.94 bits per heavy atom. The Hall–Kier alpha value is -1.10. The quantitative estimate of drug-likeness (QED) is 0.797. The summed E-state index contributed by atoms with van der Waals surface area (Å²) in [5.74, 6) is 0.876. The van der Waals surface area contributed by atoms with Crippen LogP contribution in [0.1, 0.15) is 5.56 Å². The predicted molar refractivity (Wildman–Crippen MR) is 67.1 cm³/mol. The molecule has 2 unspecified atom stereocenters. The maximum atomic E-state index is 9.81. The first kappa shape index (κ1) is 12.4. The van der Waals surface area contributed by atoms with Gasteiger partial charge in [0.25, 0.3) is 0 Å². The highest BCUT2D eigenvalue weighted by Crippen LogP contribution is 2.16. The smallest absolute Gasteiger partial charge is 0.119 e. The van der Waals surface area contributed by atoms with E-state index in [-0.39, 0.29) is 12.1 Å². The highest BCUT2D eigenvalue weighted by molar-refractivity contribution is 5.28. The van der Waals surface area contributed by atoms with Crippen LogP contribution in [0.15, 0.2) is 24.3 Å². The van der Waals surface area contributed by atoms with Gasteiger partial charge in [0.15, 0.2) is 0 Å². The van der Waals surface area contributed by atoms with E-state index in [0.717, 1.165) is 18.8 Å². The molecule has 2 rings (SSSR count). The van der Waals surface area contributed by atoms with Crippen LogP contribution in [0.5, 0.6) is 5.75 Å². The first-order chi connectivity index (χ1) is 8.20. The average Bonchev–Trinajstić information content (AvgIpc) is 2.76. The Morgan fingerprint density at radius 1 is 1.47 bits per heavy atom. The molecule has 2 N–H and O–H groups in total. The molecule has 0 spiro atoms. The number of rotatable bonds is 4. The van der Waals surface area contributed by atoms with Gasteiger partial charge in [-0.05, 0) is 24.7 Å². The summed E-state index contributed by atoms with van der Waals surface area (Å²) < 4.78 is 5.20. The van der Waals surface area contributed by atoms with Gasteiger partial charge in [-0.2, -0.15) is 0 Å². The van der Waals surface area contributed by atoms with Crippen molar-refractivity contribution in [1.29, 1.82) is 0 Å². The van der Waals surface area contributed by atoms with Crippen LogP contribution in [0.25, 0.3) is 0 Å². The normalized spacial score (nSPS) is 24.2. The van der Waals surface area contributed by atoms with Crippen molar-refractivity contribution in [3.63, 3.8) is 0 Å². The molecule has 0 aromatic heterocycles. The monoisotopic (exact) mass is 236 g/mol. The number of benzene rings is 1. The van der Waals surface area contributed by atoms with Crippen molar-refractivity contribution in [2.75, 3.05) is 27.2 Å². The van der Waals surface area contributed by atoms with Crippen molar-refractivity contribution < 1.29 is 9.84 Å². The molecule has 0 bridgehead atoms. The van der Waals surface area contributed by atoms with Gasteiger partial charge in [-0.15, -0.1) is 0 Å². The number of likely N-dealkylation sites (N-methyl/N-ethyl adjacent to an activating group) is 1. The second-order valence-corrected chi connectivity index (χ2v) is 4.56. The molecule has 1 aliphatic heterocycles. The lowest BCUT2D eigenvalue weighted by atomic mass is 10.1. The third-order valence-electron chi connectivity index (χ3n) is 3.28. The molecule has 1 saturated heterocycles. The molecule has 1 aromatic rings. The van der Waals surface area contributed by atoms with Gasteiger partial charge in [-0.3, -0.25) is 4.90 Å². The minimum Gasteiger partial charge on any atom is -0.497 e. The van der Waals surface area contributed by atoms with E-state index in [1.54, 1.807) is 7.11 Å². The van der Waals surface area contributed by atoms with E-state index < -0.39 is 0 Å². The standard InChI is InChI=1S/C13H20N2O2/c1-15(12-7-14-8-13(12)16)9-10-4-3-5-11(6-10)17-2/h3-6,12-14,16H,7-9H2,1-2H3. The zero-order chi connectivity index (χ0) is 12.3. The number of hydrogen-bond donors (Lipinski definition) is 2. The first-order valence-corrected chi connectivity index (χ1v) is 5.92. The van der Waals surface area contributed by atoms with Crippen LogP contribution in [-0.4, -0.2) is 49.4 Å². The molecule has 0 aliphatic carbocycles. The fourth-order valence-electron chi connectivity index (χ4n) is 2.28. The molecule has 17 heavy (non-hydrogen) atoms. The van der Waals surface area contributed by atoms with Gasteiger partial charge in [0.2, 0.25) is 0 Å². The number of ether oxygens (including phenoxy) is 1. The Kier molecular flexibility index (Phi) is 3.99. The lowest BCUT2D eigenvalue weighted by Crippen LogP contribution is -2.40. The van der Waals surface area contributed by atoms with Crippen LogP contribution in [0.2, 0.25) is 0 Å². The van der Waals surface area contributed by atoms with Crippen molar-refractivity contribution in [3.8, 4) is 5.75 Å². The Labute approximate surface area is 102 Å². The summed E-state index contributed by atoms with van der Waals surface area (Å²) in [7, 11) is 3.72. The summed E-state index contributed by atoms with van der Waals surface area (Å²) in [5.41, 5.74) is 1.20. The maximum Gasteiger partial charge on any atom is 0.119 e. The second-order valence-electron chi connectivity index (χ2n) is 4.56. The van der Waals surface area contributed by atoms with Crippen molar-refractivity contribution in [2.45, 2.75) is 18.7 Å². The van der Waals surface area contributed by atoms with Crippen LogP contribution in [-0.2, 0) is 6.54 Å².